The molecule has 0 saturated carbocycles. The van der Waals surface area contributed by atoms with Crippen LogP contribution in [0.3, 0.4) is 0 Å². The van der Waals surface area contributed by atoms with Gasteiger partial charge in [-0.1, -0.05) is 40.2 Å². The van der Waals surface area contributed by atoms with E-state index in [9.17, 15) is 9.59 Å². The second-order valence-electron chi connectivity index (χ2n) is 9.89. The van der Waals surface area contributed by atoms with Gasteiger partial charge in [0.25, 0.3) is 0 Å². The van der Waals surface area contributed by atoms with Crippen molar-refractivity contribution < 1.29 is 19.1 Å². The molecule has 2 aromatic carbocycles. The first-order valence-corrected chi connectivity index (χ1v) is 13.7. The van der Waals surface area contributed by atoms with Crippen LogP contribution in [0.5, 0.6) is 11.5 Å². The average molecular weight is 563 g/mol. The molecule has 0 atom stereocenters. The van der Waals surface area contributed by atoms with Crippen LogP contribution < -0.4 is 9.47 Å². The number of allylic oxidation sites excluding steroid dienone is 5. The summed E-state index contributed by atoms with van der Waals surface area (Å²) in [6.45, 7) is 4.34. The van der Waals surface area contributed by atoms with E-state index in [1.54, 1.807) is 7.11 Å². The lowest BCUT2D eigenvalue weighted by Crippen LogP contribution is -2.37. The molecule has 6 heteroatoms. The number of ketones is 2. The average Bonchev–Trinajstić information content (AvgIpc) is 2.90. The van der Waals surface area contributed by atoms with Crippen molar-refractivity contribution in [3.8, 4) is 11.5 Å². The zero-order valence-electron chi connectivity index (χ0n) is 21.4. The van der Waals surface area contributed by atoms with E-state index in [1.807, 2.05) is 43.5 Å². The Balaban J connectivity index is 1.62. The molecule has 5 nitrogen and oxygen atoms in total. The lowest BCUT2D eigenvalue weighted by molar-refractivity contribution is -0.117. The number of rotatable bonds is 7. The Morgan fingerprint density at radius 1 is 1.00 bits per heavy atom. The van der Waals surface area contributed by atoms with Crippen LogP contribution >= 0.6 is 15.9 Å². The standard InChI is InChI=1S/C31H32BrNO4/c1-4-7-20-16-21(17-27(36-3)31(20)37-18-19-12-14-22(32)15-13-19)28-29-23(8-5-10-25(29)34)33(2)24-9-6-11-26(35)30(24)28/h4,12-17,28H,1,5-11,18H2,2-3H3. The second kappa shape index (κ2) is 10.7. The van der Waals surface area contributed by atoms with E-state index in [2.05, 4.69) is 33.5 Å². The summed E-state index contributed by atoms with van der Waals surface area (Å²) in [5.74, 6) is 1.17. The molecule has 3 aliphatic rings. The Morgan fingerprint density at radius 3 is 2.19 bits per heavy atom. The first-order valence-electron chi connectivity index (χ1n) is 12.9. The fourth-order valence-corrected chi connectivity index (χ4v) is 6.16. The summed E-state index contributed by atoms with van der Waals surface area (Å²) in [4.78, 5) is 28.9. The Hall–Kier alpha value is -3.12. The van der Waals surface area contributed by atoms with Crippen LogP contribution in [0, 0.1) is 0 Å². The molecule has 0 spiro atoms. The zero-order chi connectivity index (χ0) is 26.1. The molecule has 0 unspecified atom stereocenters. The van der Waals surface area contributed by atoms with E-state index in [0.717, 1.165) is 69.4 Å². The van der Waals surface area contributed by atoms with Gasteiger partial charge in [-0.2, -0.15) is 0 Å². The lowest BCUT2D eigenvalue weighted by atomic mass is 9.71. The van der Waals surface area contributed by atoms with Crippen LogP contribution in [0.4, 0.5) is 0 Å². The minimum absolute atomic E-state index is 0.142. The van der Waals surface area contributed by atoms with Crippen molar-refractivity contribution in [2.24, 2.45) is 0 Å². The van der Waals surface area contributed by atoms with Gasteiger partial charge in [0.1, 0.15) is 6.61 Å². The first kappa shape index (κ1) is 25.5. The van der Waals surface area contributed by atoms with Crippen molar-refractivity contribution in [2.75, 3.05) is 14.2 Å². The Labute approximate surface area is 227 Å². The van der Waals surface area contributed by atoms with Crippen molar-refractivity contribution in [2.45, 2.75) is 57.5 Å². The van der Waals surface area contributed by atoms with Crippen LogP contribution in [-0.4, -0.2) is 30.6 Å². The molecule has 0 bridgehead atoms. The Bertz CT molecular complexity index is 1280. The number of nitrogens with zero attached hydrogens (tertiary/aromatic N) is 1. The van der Waals surface area contributed by atoms with E-state index in [-0.39, 0.29) is 17.5 Å². The molecule has 1 heterocycles. The summed E-state index contributed by atoms with van der Waals surface area (Å²) in [7, 11) is 3.64. The van der Waals surface area contributed by atoms with Gasteiger partial charge in [-0.05, 0) is 61.4 Å². The predicted octanol–water partition coefficient (Wildman–Crippen LogP) is 6.81. The maximum Gasteiger partial charge on any atom is 0.165 e. The Morgan fingerprint density at radius 2 is 1.62 bits per heavy atom. The largest absolute Gasteiger partial charge is 0.493 e. The van der Waals surface area contributed by atoms with E-state index >= 15 is 0 Å². The van der Waals surface area contributed by atoms with Gasteiger partial charge in [-0.15, -0.1) is 6.58 Å². The van der Waals surface area contributed by atoms with Crippen LogP contribution in [0.2, 0.25) is 0 Å². The zero-order valence-corrected chi connectivity index (χ0v) is 23.0. The molecule has 0 radical (unpaired) electrons. The highest BCUT2D eigenvalue weighted by Gasteiger charge is 2.42. The fourth-order valence-electron chi connectivity index (χ4n) is 5.89. The van der Waals surface area contributed by atoms with E-state index < -0.39 is 0 Å². The van der Waals surface area contributed by atoms with Gasteiger partial charge in [0.15, 0.2) is 23.1 Å². The summed E-state index contributed by atoms with van der Waals surface area (Å²) in [5.41, 5.74) is 6.55. The number of halogens is 1. The van der Waals surface area contributed by atoms with Gasteiger partial charge >= 0.3 is 0 Å². The highest BCUT2D eigenvalue weighted by molar-refractivity contribution is 9.10. The van der Waals surface area contributed by atoms with Crippen LogP contribution in [0.15, 0.2) is 76.1 Å². The van der Waals surface area contributed by atoms with Crippen molar-refractivity contribution in [1.29, 1.82) is 0 Å². The third-order valence-electron chi connectivity index (χ3n) is 7.61. The summed E-state index contributed by atoms with van der Waals surface area (Å²) in [6, 6.07) is 12.0. The highest BCUT2D eigenvalue weighted by Crippen LogP contribution is 2.50. The topological polar surface area (TPSA) is 55.8 Å². The lowest BCUT2D eigenvalue weighted by Gasteiger charge is -2.42. The van der Waals surface area contributed by atoms with Crippen LogP contribution in [0.25, 0.3) is 0 Å². The number of ether oxygens (including phenoxy) is 2. The number of carbonyl (C=O) groups is 2. The molecule has 5 rings (SSSR count). The smallest absolute Gasteiger partial charge is 0.165 e. The third kappa shape index (κ3) is 4.79. The number of hydrogen-bond acceptors (Lipinski definition) is 5. The van der Waals surface area contributed by atoms with E-state index in [4.69, 9.17) is 9.47 Å². The van der Waals surface area contributed by atoms with Crippen LogP contribution in [-0.2, 0) is 22.6 Å². The number of hydrogen-bond donors (Lipinski definition) is 0. The highest BCUT2D eigenvalue weighted by atomic mass is 79.9. The van der Waals surface area contributed by atoms with Gasteiger partial charge in [-0.25, -0.2) is 0 Å². The van der Waals surface area contributed by atoms with Crippen molar-refractivity contribution >= 4 is 27.5 Å². The predicted molar refractivity (Wildman–Crippen MR) is 148 cm³/mol. The molecule has 0 N–H and O–H groups in total. The molecule has 192 valence electrons. The van der Waals surface area contributed by atoms with Crippen LogP contribution in [0.1, 0.15) is 61.1 Å². The van der Waals surface area contributed by atoms with Crippen molar-refractivity contribution in [3.63, 3.8) is 0 Å². The van der Waals surface area contributed by atoms with Gasteiger partial charge in [0.2, 0.25) is 0 Å². The fraction of sp³-hybridized carbons (Fsp3) is 0.355. The minimum atomic E-state index is -0.375. The second-order valence-corrected chi connectivity index (χ2v) is 10.8. The molecule has 1 aliphatic heterocycles. The molecule has 2 aliphatic carbocycles. The molecule has 0 aromatic heterocycles. The monoisotopic (exact) mass is 561 g/mol. The van der Waals surface area contributed by atoms with E-state index in [0.29, 0.717) is 37.4 Å². The molecule has 2 aromatic rings. The molecule has 37 heavy (non-hydrogen) atoms. The van der Waals surface area contributed by atoms with Gasteiger partial charge in [0.05, 0.1) is 7.11 Å². The van der Waals surface area contributed by atoms with E-state index in [1.165, 1.54) is 0 Å². The van der Waals surface area contributed by atoms with Crippen molar-refractivity contribution in [1.82, 2.24) is 4.90 Å². The van der Waals surface area contributed by atoms with Crippen molar-refractivity contribution in [3.05, 3.63) is 92.8 Å². The summed E-state index contributed by atoms with van der Waals surface area (Å²) in [6.07, 6.45) is 6.85. The first-order chi connectivity index (χ1) is 17.9. The molecular weight excluding hydrogens is 530 g/mol. The van der Waals surface area contributed by atoms with Gasteiger partial charge in [-0.3, -0.25) is 9.59 Å². The Kier molecular flexibility index (Phi) is 7.38. The molecular formula is C31H32BrNO4. The minimum Gasteiger partial charge on any atom is -0.493 e. The quantitative estimate of drug-likeness (QED) is 0.347. The third-order valence-corrected chi connectivity index (χ3v) is 8.14. The maximum atomic E-state index is 13.4. The van der Waals surface area contributed by atoms with Gasteiger partial charge < -0.3 is 14.4 Å². The summed E-state index contributed by atoms with van der Waals surface area (Å²) < 4.78 is 13.2. The molecule has 0 fully saturated rings. The SMILES string of the molecule is C=CCc1cc(C2C3=C(CCCC3=O)N(C)C3=C2C(=O)CCC3)cc(OC)c1OCc1ccc(Br)cc1. The maximum absolute atomic E-state index is 13.4. The van der Waals surface area contributed by atoms with Gasteiger partial charge in [0, 0.05) is 58.4 Å². The molecule has 0 saturated heterocycles. The number of benzene rings is 2. The number of methoxy groups -OCH3 is 1. The summed E-state index contributed by atoms with van der Waals surface area (Å²) >= 11 is 3.47. The number of carbonyl (C=O) groups excluding carboxylic acids is 2. The number of Topliss-reactive ketones (excluding diaryl/α,β-unsaturated/α-hetero) is 2. The normalized spacial score (nSPS) is 18.1. The molecule has 0 amide bonds. The summed E-state index contributed by atoms with van der Waals surface area (Å²) in [5, 5.41) is 0.